The number of rotatable bonds is 9. The molecule has 4 saturated carbocycles. The van der Waals surface area contributed by atoms with Crippen molar-refractivity contribution in [3.05, 3.63) is 0 Å². The summed E-state index contributed by atoms with van der Waals surface area (Å²) in [5.41, 5.74) is -1.84. The molecule has 2 atom stereocenters. The van der Waals surface area contributed by atoms with Gasteiger partial charge in [0.15, 0.2) is 6.61 Å². The van der Waals surface area contributed by atoms with Crippen LogP contribution in [-0.2, 0) is 37.4 Å². The van der Waals surface area contributed by atoms with Crippen molar-refractivity contribution in [2.75, 3.05) is 27.9 Å². The van der Waals surface area contributed by atoms with Gasteiger partial charge in [0, 0.05) is 21.3 Å². The quantitative estimate of drug-likeness (QED) is 0.312. The fraction of sp³-hybridized carbons (Fsp3) is 0.938. The van der Waals surface area contributed by atoms with E-state index >= 15 is 0 Å². The van der Waals surface area contributed by atoms with E-state index in [-0.39, 0.29) is 18.3 Å². The summed E-state index contributed by atoms with van der Waals surface area (Å²) < 4.78 is 84.2. The number of alkyl halides is 2. The van der Waals surface area contributed by atoms with Crippen LogP contribution in [-0.4, -0.2) is 66.8 Å². The molecule has 0 aromatic heterocycles. The molecule has 4 fully saturated rings. The Morgan fingerprint density at radius 2 is 1.62 bits per heavy atom. The van der Waals surface area contributed by atoms with Crippen LogP contribution in [0, 0.1) is 17.3 Å². The Labute approximate surface area is 169 Å². The topological polar surface area (TPSA) is 118 Å². The molecule has 4 bridgehead atoms. The third-order valence-electron chi connectivity index (χ3n) is 6.28. The highest BCUT2D eigenvalue weighted by atomic mass is 32.2. The maximum atomic E-state index is 13.5. The summed E-state index contributed by atoms with van der Waals surface area (Å²) in [6.07, 6.45) is 3.32. The fourth-order valence-corrected chi connectivity index (χ4v) is 7.28. The minimum absolute atomic E-state index is 0.128. The largest absolute Gasteiger partial charge is 0.679 e. The standard InChI is InChI=1S/C16H26F2O9SSi/c1-23-29(24-2,25-3)27-15-7-11-4-12(8-15)6-14(5-11,9-15)13(19)26-10-16(17,18)28(20,21)22/h11-12H,4-10H2,1-3H3,(H,20,21,22). The molecule has 0 spiro atoms. The second-order valence-corrected chi connectivity index (χ2v) is 12.3. The van der Waals surface area contributed by atoms with Crippen LogP contribution >= 0.6 is 0 Å². The van der Waals surface area contributed by atoms with Gasteiger partial charge in [0.2, 0.25) is 0 Å². The summed E-state index contributed by atoms with van der Waals surface area (Å²) in [5, 5.41) is -4.57. The minimum Gasteiger partial charge on any atom is -0.458 e. The smallest absolute Gasteiger partial charge is 0.458 e. The monoisotopic (exact) mass is 460 g/mol. The highest BCUT2D eigenvalue weighted by Crippen LogP contribution is 2.63. The molecule has 2 unspecified atom stereocenters. The van der Waals surface area contributed by atoms with E-state index in [4.69, 9.17) is 27.0 Å². The number of carbonyl (C=O) groups is 1. The zero-order valence-electron chi connectivity index (χ0n) is 16.5. The van der Waals surface area contributed by atoms with Crippen LogP contribution in [0.5, 0.6) is 0 Å². The molecule has 0 heterocycles. The maximum absolute atomic E-state index is 13.5. The third kappa shape index (κ3) is 4.10. The van der Waals surface area contributed by atoms with Crippen LogP contribution < -0.4 is 0 Å². The average molecular weight is 461 g/mol. The lowest BCUT2D eigenvalue weighted by Gasteiger charge is -2.61. The lowest BCUT2D eigenvalue weighted by molar-refractivity contribution is -0.207. The minimum atomic E-state index is -5.68. The van der Waals surface area contributed by atoms with E-state index in [1.165, 1.54) is 21.3 Å². The second-order valence-electron chi connectivity index (χ2n) is 8.33. The summed E-state index contributed by atoms with van der Waals surface area (Å²) in [4.78, 5) is 12.8. The van der Waals surface area contributed by atoms with Crippen molar-refractivity contribution >= 4 is 25.1 Å². The molecule has 0 amide bonds. The lowest BCUT2D eigenvalue weighted by Crippen LogP contribution is -2.64. The van der Waals surface area contributed by atoms with Crippen molar-refractivity contribution in [1.29, 1.82) is 0 Å². The van der Waals surface area contributed by atoms with Crippen LogP contribution in [0.15, 0.2) is 0 Å². The van der Waals surface area contributed by atoms with Gasteiger partial charge in [0.1, 0.15) is 0 Å². The molecule has 0 aromatic rings. The first-order valence-corrected chi connectivity index (χ1v) is 12.3. The third-order valence-corrected chi connectivity index (χ3v) is 9.34. The summed E-state index contributed by atoms with van der Waals surface area (Å²) in [7, 11) is -4.90. The van der Waals surface area contributed by atoms with E-state index in [0.717, 1.165) is 6.42 Å². The van der Waals surface area contributed by atoms with Gasteiger partial charge in [0.05, 0.1) is 11.0 Å². The van der Waals surface area contributed by atoms with Crippen LogP contribution in [0.3, 0.4) is 0 Å². The molecule has 13 heteroatoms. The molecular formula is C16H26F2O9SSi. The average Bonchev–Trinajstić information content (AvgIpc) is 2.62. The van der Waals surface area contributed by atoms with Gasteiger partial charge in [-0.3, -0.25) is 9.35 Å². The Morgan fingerprint density at radius 1 is 1.10 bits per heavy atom. The summed E-state index contributed by atoms with van der Waals surface area (Å²) >= 11 is 0. The summed E-state index contributed by atoms with van der Waals surface area (Å²) in [6, 6.07) is 0. The Hall–Kier alpha value is -0.703. The lowest BCUT2D eigenvalue weighted by atomic mass is 9.48. The number of ether oxygens (including phenoxy) is 1. The molecule has 4 aliphatic rings. The van der Waals surface area contributed by atoms with Crippen molar-refractivity contribution < 1.29 is 49.0 Å². The van der Waals surface area contributed by atoms with E-state index in [1.54, 1.807) is 0 Å². The van der Waals surface area contributed by atoms with Gasteiger partial charge in [-0.15, -0.1) is 0 Å². The SMILES string of the molecule is CO[Si](OC)(OC)OC12CC3CC(C1)CC(C(=O)OCC(F)(F)S(=O)(=O)O)(C3)C2. The Kier molecular flexibility index (Phi) is 5.91. The molecule has 4 rings (SSSR count). The molecule has 1 N–H and O–H groups in total. The van der Waals surface area contributed by atoms with E-state index in [9.17, 15) is 22.0 Å². The summed E-state index contributed by atoms with van der Waals surface area (Å²) in [5.74, 6) is -0.645. The van der Waals surface area contributed by atoms with Gasteiger partial charge < -0.3 is 22.4 Å². The summed E-state index contributed by atoms with van der Waals surface area (Å²) in [6.45, 7) is -1.73. The van der Waals surface area contributed by atoms with Crippen LogP contribution in [0.1, 0.15) is 38.5 Å². The molecule has 4 aliphatic carbocycles. The first kappa shape index (κ1) is 23.0. The second kappa shape index (κ2) is 7.46. The van der Waals surface area contributed by atoms with Crippen molar-refractivity contribution in [3.8, 4) is 0 Å². The predicted molar refractivity (Wildman–Crippen MR) is 95.2 cm³/mol. The molecule has 0 saturated heterocycles. The zero-order valence-corrected chi connectivity index (χ0v) is 18.3. The van der Waals surface area contributed by atoms with E-state index in [2.05, 4.69) is 0 Å². The van der Waals surface area contributed by atoms with Crippen LogP contribution in [0.4, 0.5) is 8.78 Å². The number of halogens is 2. The zero-order chi connectivity index (χ0) is 21.7. The highest BCUT2D eigenvalue weighted by Gasteiger charge is 2.65. The van der Waals surface area contributed by atoms with Crippen LogP contribution in [0.25, 0.3) is 0 Å². The number of esters is 1. The van der Waals surface area contributed by atoms with Crippen LogP contribution in [0.2, 0.25) is 0 Å². The predicted octanol–water partition coefficient (Wildman–Crippen LogP) is 1.74. The van der Waals surface area contributed by atoms with Crippen molar-refractivity contribution in [3.63, 3.8) is 0 Å². The molecule has 0 radical (unpaired) electrons. The Balaban J connectivity index is 1.81. The van der Waals surface area contributed by atoms with Gasteiger partial charge in [-0.1, -0.05) is 0 Å². The number of hydrogen-bond acceptors (Lipinski definition) is 8. The Bertz CT molecular complexity index is 733. The van der Waals surface area contributed by atoms with Crippen molar-refractivity contribution in [2.24, 2.45) is 17.3 Å². The number of carbonyl (C=O) groups excluding carboxylic acids is 1. The highest BCUT2D eigenvalue weighted by molar-refractivity contribution is 7.86. The van der Waals surface area contributed by atoms with E-state index in [1.807, 2.05) is 0 Å². The molecular weight excluding hydrogens is 434 g/mol. The molecule has 9 nitrogen and oxygen atoms in total. The normalized spacial score (nSPS) is 34.4. The van der Waals surface area contributed by atoms with Gasteiger partial charge >= 0.3 is 30.4 Å². The number of hydrogen-bond donors (Lipinski definition) is 1. The van der Waals surface area contributed by atoms with Gasteiger partial charge in [-0.2, -0.15) is 17.2 Å². The van der Waals surface area contributed by atoms with Crippen molar-refractivity contribution in [2.45, 2.75) is 49.4 Å². The first-order chi connectivity index (χ1) is 13.3. The Morgan fingerprint density at radius 3 is 2.07 bits per heavy atom. The fourth-order valence-electron chi connectivity index (χ4n) is 5.55. The van der Waals surface area contributed by atoms with E-state index < -0.39 is 48.0 Å². The maximum Gasteiger partial charge on any atom is 0.679 e. The molecule has 0 aliphatic heterocycles. The van der Waals surface area contributed by atoms with Gasteiger partial charge in [-0.05, 0) is 50.4 Å². The molecule has 168 valence electrons. The van der Waals surface area contributed by atoms with E-state index in [0.29, 0.717) is 25.7 Å². The molecule has 0 aromatic carbocycles. The van der Waals surface area contributed by atoms with Gasteiger partial charge in [-0.25, -0.2) is 0 Å². The first-order valence-electron chi connectivity index (χ1n) is 9.21. The molecule has 29 heavy (non-hydrogen) atoms. The van der Waals surface area contributed by atoms with Gasteiger partial charge in [0.25, 0.3) is 0 Å². The van der Waals surface area contributed by atoms with Crippen molar-refractivity contribution in [1.82, 2.24) is 0 Å².